The van der Waals surface area contributed by atoms with Gasteiger partial charge in [0.25, 0.3) is 0 Å². The zero-order chi connectivity index (χ0) is 27.5. The van der Waals surface area contributed by atoms with Gasteiger partial charge in [-0.3, -0.25) is 5.43 Å². The van der Waals surface area contributed by atoms with Crippen molar-refractivity contribution in [3.8, 4) is 11.5 Å². The van der Waals surface area contributed by atoms with Crippen LogP contribution in [0.25, 0.3) is 0 Å². The van der Waals surface area contributed by atoms with Gasteiger partial charge in [0.05, 0.1) is 38.8 Å². The number of carbonyl (C=O) groups is 2. The maximum atomic E-state index is 11.4. The number of esters is 2. The second-order valence-corrected chi connectivity index (χ2v) is 6.44. The van der Waals surface area contributed by atoms with Gasteiger partial charge in [0.15, 0.2) is 5.71 Å². The molecule has 13 heteroatoms. The van der Waals surface area contributed by atoms with Crippen LogP contribution in [0.4, 0.5) is 11.4 Å². The maximum Gasteiger partial charge on any atom is 0.362 e. The first kappa shape index (κ1) is 30.1. The minimum atomic E-state index is -0.725. The van der Waals surface area contributed by atoms with Crippen molar-refractivity contribution in [2.24, 2.45) is 20.5 Å². The summed E-state index contributed by atoms with van der Waals surface area (Å²) in [5.74, 6) is -0.00657. The lowest BCUT2D eigenvalue weighted by atomic mass is 10.3. The Labute approximate surface area is 213 Å². The van der Waals surface area contributed by atoms with Gasteiger partial charge in [0.1, 0.15) is 24.0 Å². The zero-order valence-electron chi connectivity index (χ0n) is 20.8. The molecule has 0 aliphatic carbocycles. The lowest BCUT2D eigenvalue weighted by molar-refractivity contribution is -0.138. The predicted molar refractivity (Wildman–Crippen MR) is 136 cm³/mol. The van der Waals surface area contributed by atoms with Crippen LogP contribution in [0.2, 0.25) is 0 Å². The number of oxime groups is 1. The van der Waals surface area contributed by atoms with E-state index in [-0.39, 0.29) is 24.6 Å². The lowest BCUT2D eigenvalue weighted by Gasteiger charge is -2.04. The van der Waals surface area contributed by atoms with Crippen LogP contribution in [0.5, 0.6) is 11.5 Å². The summed E-state index contributed by atoms with van der Waals surface area (Å²) in [6, 6.07) is 13.7. The molecule has 0 spiro atoms. The first-order chi connectivity index (χ1) is 17.9. The molecule has 0 amide bonds. The van der Waals surface area contributed by atoms with Gasteiger partial charge in [0.2, 0.25) is 5.70 Å². The third-order valence-electron chi connectivity index (χ3n) is 4.01. The van der Waals surface area contributed by atoms with Gasteiger partial charge >= 0.3 is 11.9 Å². The van der Waals surface area contributed by atoms with Gasteiger partial charge in [0, 0.05) is 0 Å². The standard InChI is InChI=1S/C12H15N3O4.C12H14N2O4/c1-3-19-12(16)11(8-13-17)15-14-9-4-6-10(18-2)7-5-9;1-3-18-12(16)11(8-15)14-13-9-4-6-10(17-2)7-5-9/h4-8,14,17H,3H2,1-2H3;4-8,15H,3H2,1-2H3/b13-8+,15-11+;. The van der Waals surface area contributed by atoms with Crippen molar-refractivity contribution in [1.82, 2.24) is 0 Å². The number of anilines is 1. The molecule has 0 saturated carbocycles. The van der Waals surface area contributed by atoms with Crippen molar-refractivity contribution in [3.05, 3.63) is 60.5 Å². The summed E-state index contributed by atoms with van der Waals surface area (Å²) < 4.78 is 19.4. The molecular formula is C24H29N5O8. The van der Waals surface area contributed by atoms with E-state index in [0.29, 0.717) is 29.1 Å². The highest BCUT2D eigenvalue weighted by Gasteiger charge is 2.11. The normalized spacial score (nSPS) is 11.5. The summed E-state index contributed by atoms with van der Waals surface area (Å²) in [4.78, 5) is 22.7. The number of nitrogens with one attached hydrogen (secondary N) is 1. The predicted octanol–water partition coefficient (Wildman–Crippen LogP) is 4.23. The Morgan fingerprint density at radius 2 is 1.43 bits per heavy atom. The van der Waals surface area contributed by atoms with E-state index in [4.69, 9.17) is 24.5 Å². The van der Waals surface area contributed by atoms with Crippen LogP contribution in [-0.2, 0) is 19.1 Å². The number of methoxy groups -OCH3 is 2. The smallest absolute Gasteiger partial charge is 0.362 e. The van der Waals surface area contributed by atoms with Crippen LogP contribution in [0.3, 0.4) is 0 Å². The molecule has 2 rings (SSSR count). The molecule has 0 heterocycles. The van der Waals surface area contributed by atoms with Gasteiger partial charge in [-0.05, 0) is 62.4 Å². The Hall–Kier alpha value is -4.94. The molecule has 13 nitrogen and oxygen atoms in total. The first-order valence-corrected chi connectivity index (χ1v) is 10.8. The molecule has 0 aliphatic rings. The van der Waals surface area contributed by atoms with Crippen molar-refractivity contribution in [2.45, 2.75) is 13.8 Å². The van der Waals surface area contributed by atoms with Crippen LogP contribution in [-0.4, -0.2) is 61.6 Å². The van der Waals surface area contributed by atoms with Crippen LogP contribution in [0.1, 0.15) is 13.8 Å². The van der Waals surface area contributed by atoms with Crippen LogP contribution in [0, 0.1) is 0 Å². The SMILES string of the molecule is CCOC(=O)C(/C=N/O)=N/Nc1ccc(OC)cc1.CCOC(=O)C(=CO)N=Nc1ccc(OC)cc1. The number of carbonyl (C=O) groups excluding carboxylic acids is 2. The van der Waals surface area contributed by atoms with Crippen molar-refractivity contribution in [3.63, 3.8) is 0 Å². The van der Waals surface area contributed by atoms with Gasteiger partial charge in [-0.15, -0.1) is 5.11 Å². The lowest BCUT2D eigenvalue weighted by Crippen LogP contribution is -2.20. The second-order valence-electron chi connectivity index (χ2n) is 6.44. The molecular weight excluding hydrogens is 486 g/mol. The van der Waals surface area contributed by atoms with Crippen LogP contribution < -0.4 is 14.9 Å². The Morgan fingerprint density at radius 1 is 0.892 bits per heavy atom. The fraction of sp³-hybridized carbons (Fsp3) is 0.250. The largest absolute Gasteiger partial charge is 0.513 e. The average Bonchev–Trinajstić information content (AvgIpc) is 2.92. The summed E-state index contributed by atoms with van der Waals surface area (Å²) >= 11 is 0. The molecule has 37 heavy (non-hydrogen) atoms. The highest BCUT2D eigenvalue weighted by molar-refractivity contribution is 6.59. The van der Waals surface area contributed by atoms with Crippen LogP contribution in [0.15, 0.2) is 81.0 Å². The highest BCUT2D eigenvalue weighted by atomic mass is 16.5. The van der Waals surface area contributed by atoms with Crippen molar-refractivity contribution in [1.29, 1.82) is 0 Å². The Bertz CT molecular complexity index is 1100. The molecule has 2 aromatic carbocycles. The van der Waals surface area contributed by atoms with Crippen molar-refractivity contribution < 1.29 is 38.9 Å². The average molecular weight is 516 g/mol. The van der Waals surface area contributed by atoms with Gasteiger partial charge in [-0.1, -0.05) is 5.16 Å². The molecule has 0 atom stereocenters. The minimum absolute atomic E-state index is 0.139. The number of ether oxygens (including phenoxy) is 4. The molecule has 2 aromatic rings. The summed E-state index contributed by atoms with van der Waals surface area (Å²) in [6.07, 6.45) is 1.46. The number of hydrogen-bond acceptors (Lipinski definition) is 13. The van der Waals surface area contributed by atoms with E-state index in [0.717, 1.165) is 6.21 Å². The van der Waals surface area contributed by atoms with E-state index in [1.807, 2.05) is 0 Å². The minimum Gasteiger partial charge on any atom is -0.513 e. The van der Waals surface area contributed by atoms with Crippen LogP contribution >= 0.6 is 0 Å². The quantitative estimate of drug-likeness (QED) is 0.0752. The fourth-order valence-electron chi connectivity index (χ4n) is 2.26. The topological polar surface area (TPSA) is 173 Å². The second kappa shape index (κ2) is 17.5. The number of hydrogen-bond donors (Lipinski definition) is 3. The van der Waals surface area contributed by atoms with Crippen molar-refractivity contribution in [2.75, 3.05) is 32.9 Å². The molecule has 0 saturated heterocycles. The first-order valence-electron chi connectivity index (χ1n) is 10.8. The number of azo groups is 1. The van der Waals surface area contributed by atoms with E-state index in [2.05, 4.69) is 30.6 Å². The van der Waals surface area contributed by atoms with E-state index < -0.39 is 11.9 Å². The number of rotatable bonds is 11. The molecule has 0 bridgehead atoms. The van der Waals surface area contributed by atoms with Gasteiger partial charge in [-0.2, -0.15) is 10.2 Å². The molecule has 0 radical (unpaired) electrons. The zero-order valence-corrected chi connectivity index (χ0v) is 20.8. The Balaban J connectivity index is 0.000000371. The highest BCUT2D eigenvalue weighted by Crippen LogP contribution is 2.19. The third kappa shape index (κ3) is 11.4. The van der Waals surface area contributed by atoms with E-state index >= 15 is 0 Å². The number of aliphatic hydroxyl groups is 1. The number of nitrogens with zero attached hydrogens (tertiary/aromatic N) is 4. The van der Waals surface area contributed by atoms with E-state index in [1.54, 1.807) is 76.6 Å². The van der Waals surface area contributed by atoms with Crippen molar-refractivity contribution >= 4 is 35.2 Å². The Morgan fingerprint density at radius 3 is 1.92 bits per heavy atom. The molecule has 0 fully saturated rings. The monoisotopic (exact) mass is 515 g/mol. The van der Waals surface area contributed by atoms with Gasteiger partial charge in [-0.25, -0.2) is 9.59 Å². The summed E-state index contributed by atoms with van der Waals surface area (Å²) in [6.45, 7) is 3.74. The summed E-state index contributed by atoms with van der Waals surface area (Å²) in [7, 11) is 3.13. The summed E-state index contributed by atoms with van der Waals surface area (Å²) in [5, 5.41) is 31.3. The molecule has 0 aliphatic heterocycles. The molecule has 198 valence electrons. The summed E-state index contributed by atoms with van der Waals surface area (Å²) in [5.41, 5.74) is 3.43. The fourth-order valence-corrected chi connectivity index (χ4v) is 2.26. The van der Waals surface area contributed by atoms with Gasteiger partial charge < -0.3 is 29.3 Å². The number of benzene rings is 2. The Kier molecular flexibility index (Phi) is 14.2. The maximum absolute atomic E-state index is 11.4. The van der Waals surface area contributed by atoms with E-state index in [9.17, 15) is 9.59 Å². The molecule has 0 aromatic heterocycles. The number of hydrazone groups is 1. The molecule has 3 N–H and O–H groups in total. The third-order valence-corrected chi connectivity index (χ3v) is 4.01. The van der Waals surface area contributed by atoms with E-state index in [1.165, 1.54) is 0 Å². The number of aliphatic hydroxyl groups excluding tert-OH is 1. The molecule has 0 unspecified atom stereocenters.